The van der Waals surface area contributed by atoms with Gasteiger partial charge in [0.1, 0.15) is 0 Å². The Morgan fingerprint density at radius 3 is 1.50 bits per heavy atom. The Kier molecular flexibility index (Phi) is 8.62. The standard InChI is InChI=1S/C20H34O4/c1-16(12-14-23-19(21)17-8-4-2-5-9-17)13-15-24-20(22)18-10-6-3-7-11-18/h16-18H,2-15H2,1H3. The largest absolute Gasteiger partial charge is 0.465 e. The zero-order chi connectivity index (χ0) is 17.2. The minimum absolute atomic E-state index is 0.00868. The Bertz CT molecular complexity index is 345. The van der Waals surface area contributed by atoms with Gasteiger partial charge in [-0.15, -0.1) is 0 Å². The number of hydrogen-bond donors (Lipinski definition) is 0. The van der Waals surface area contributed by atoms with Crippen LogP contribution in [-0.2, 0) is 19.1 Å². The van der Waals surface area contributed by atoms with Crippen LogP contribution in [0, 0.1) is 17.8 Å². The Balaban J connectivity index is 1.50. The van der Waals surface area contributed by atoms with Crippen LogP contribution in [0.25, 0.3) is 0 Å². The van der Waals surface area contributed by atoms with Gasteiger partial charge in [0.25, 0.3) is 0 Å². The van der Waals surface area contributed by atoms with E-state index in [0.29, 0.717) is 19.1 Å². The van der Waals surface area contributed by atoms with Gasteiger partial charge in [-0.1, -0.05) is 45.4 Å². The third kappa shape index (κ3) is 6.82. The molecule has 0 aromatic heterocycles. The van der Waals surface area contributed by atoms with Crippen molar-refractivity contribution in [3.05, 3.63) is 0 Å². The Labute approximate surface area is 146 Å². The van der Waals surface area contributed by atoms with Crippen molar-refractivity contribution in [3.63, 3.8) is 0 Å². The summed E-state index contributed by atoms with van der Waals surface area (Å²) >= 11 is 0. The lowest BCUT2D eigenvalue weighted by Crippen LogP contribution is -2.22. The minimum atomic E-state index is -0.00868. The highest BCUT2D eigenvalue weighted by atomic mass is 16.5. The summed E-state index contributed by atoms with van der Waals surface area (Å²) in [5.41, 5.74) is 0. The van der Waals surface area contributed by atoms with Gasteiger partial charge in [-0.05, 0) is 44.4 Å². The van der Waals surface area contributed by atoms with E-state index in [4.69, 9.17) is 9.47 Å². The highest BCUT2D eigenvalue weighted by molar-refractivity contribution is 5.72. The van der Waals surface area contributed by atoms with Crippen molar-refractivity contribution in [1.29, 1.82) is 0 Å². The molecule has 4 nitrogen and oxygen atoms in total. The molecule has 0 heterocycles. The molecule has 0 saturated heterocycles. The summed E-state index contributed by atoms with van der Waals surface area (Å²) in [6, 6.07) is 0. The van der Waals surface area contributed by atoms with E-state index < -0.39 is 0 Å². The first kappa shape index (κ1) is 19.3. The number of hydrogen-bond acceptors (Lipinski definition) is 4. The molecular formula is C20H34O4. The van der Waals surface area contributed by atoms with E-state index >= 15 is 0 Å². The van der Waals surface area contributed by atoms with Gasteiger partial charge in [0.05, 0.1) is 25.0 Å². The molecule has 0 amide bonds. The van der Waals surface area contributed by atoms with Crippen molar-refractivity contribution in [2.24, 2.45) is 17.8 Å². The van der Waals surface area contributed by atoms with E-state index in [1.165, 1.54) is 12.8 Å². The SMILES string of the molecule is CC(CCOC(=O)C1CCCCC1)CCOC(=O)C1CCCCC1. The van der Waals surface area contributed by atoms with Gasteiger partial charge in [-0.3, -0.25) is 9.59 Å². The van der Waals surface area contributed by atoms with Crippen LogP contribution in [0.15, 0.2) is 0 Å². The quantitative estimate of drug-likeness (QED) is 0.605. The summed E-state index contributed by atoms with van der Waals surface area (Å²) in [6.07, 6.45) is 12.8. The van der Waals surface area contributed by atoms with Gasteiger partial charge < -0.3 is 9.47 Å². The van der Waals surface area contributed by atoms with Crippen molar-refractivity contribution >= 4 is 11.9 Å². The predicted molar refractivity (Wildman–Crippen MR) is 93.5 cm³/mol. The number of carbonyl (C=O) groups is 2. The molecule has 0 atom stereocenters. The van der Waals surface area contributed by atoms with Gasteiger partial charge in [-0.25, -0.2) is 0 Å². The van der Waals surface area contributed by atoms with E-state index in [0.717, 1.165) is 64.2 Å². The predicted octanol–water partition coefficient (Wildman–Crippen LogP) is 4.65. The summed E-state index contributed by atoms with van der Waals surface area (Å²) in [7, 11) is 0. The second kappa shape index (κ2) is 10.7. The van der Waals surface area contributed by atoms with Crippen molar-refractivity contribution in [3.8, 4) is 0 Å². The summed E-state index contributed by atoms with van der Waals surface area (Å²) in [6.45, 7) is 3.11. The third-order valence-electron chi connectivity index (χ3n) is 5.59. The van der Waals surface area contributed by atoms with Crippen LogP contribution < -0.4 is 0 Å². The van der Waals surface area contributed by atoms with Crippen LogP contribution >= 0.6 is 0 Å². The van der Waals surface area contributed by atoms with Crippen LogP contribution in [0.4, 0.5) is 0 Å². The lowest BCUT2D eigenvalue weighted by Gasteiger charge is -2.21. The molecule has 2 saturated carbocycles. The van der Waals surface area contributed by atoms with Gasteiger partial charge >= 0.3 is 11.9 Å². The summed E-state index contributed by atoms with van der Waals surface area (Å²) in [5, 5.41) is 0. The van der Waals surface area contributed by atoms with E-state index in [9.17, 15) is 9.59 Å². The van der Waals surface area contributed by atoms with E-state index in [1.807, 2.05) is 0 Å². The lowest BCUT2D eigenvalue weighted by molar-refractivity contribution is -0.150. The highest BCUT2D eigenvalue weighted by Gasteiger charge is 2.23. The van der Waals surface area contributed by atoms with Crippen molar-refractivity contribution < 1.29 is 19.1 Å². The van der Waals surface area contributed by atoms with Gasteiger partial charge in [0.15, 0.2) is 0 Å². The maximum atomic E-state index is 12.0. The maximum absolute atomic E-state index is 12.0. The number of ether oxygens (including phenoxy) is 2. The molecule has 0 radical (unpaired) electrons. The van der Waals surface area contributed by atoms with E-state index in [1.54, 1.807) is 0 Å². The summed E-state index contributed by atoms with van der Waals surface area (Å²) in [5.74, 6) is 0.649. The van der Waals surface area contributed by atoms with Crippen LogP contribution in [0.1, 0.15) is 84.0 Å². The molecule has 0 bridgehead atoms. The molecule has 2 rings (SSSR count). The Morgan fingerprint density at radius 2 is 1.12 bits per heavy atom. The molecule has 2 aliphatic carbocycles. The maximum Gasteiger partial charge on any atom is 0.308 e. The molecule has 138 valence electrons. The topological polar surface area (TPSA) is 52.6 Å². The lowest BCUT2D eigenvalue weighted by atomic mass is 9.89. The first-order valence-corrected chi connectivity index (χ1v) is 10.00. The molecule has 0 aromatic rings. The number of esters is 2. The highest BCUT2D eigenvalue weighted by Crippen LogP contribution is 2.26. The monoisotopic (exact) mass is 338 g/mol. The van der Waals surface area contributed by atoms with E-state index in [-0.39, 0.29) is 23.8 Å². The zero-order valence-corrected chi connectivity index (χ0v) is 15.3. The molecule has 0 aliphatic heterocycles. The van der Waals surface area contributed by atoms with Gasteiger partial charge in [-0.2, -0.15) is 0 Å². The molecule has 0 N–H and O–H groups in total. The molecule has 2 aliphatic rings. The fraction of sp³-hybridized carbons (Fsp3) is 0.900. The van der Waals surface area contributed by atoms with Crippen LogP contribution in [-0.4, -0.2) is 25.2 Å². The van der Waals surface area contributed by atoms with Crippen LogP contribution in [0.3, 0.4) is 0 Å². The first-order valence-electron chi connectivity index (χ1n) is 10.00. The second-order valence-electron chi connectivity index (χ2n) is 7.69. The molecular weight excluding hydrogens is 304 g/mol. The average molecular weight is 338 g/mol. The molecule has 0 aromatic carbocycles. The van der Waals surface area contributed by atoms with Crippen molar-refractivity contribution in [2.75, 3.05) is 13.2 Å². The smallest absolute Gasteiger partial charge is 0.308 e. The number of carbonyl (C=O) groups excluding carboxylic acids is 2. The van der Waals surface area contributed by atoms with Crippen molar-refractivity contribution in [2.45, 2.75) is 84.0 Å². The summed E-state index contributed by atoms with van der Waals surface area (Å²) < 4.78 is 10.9. The average Bonchev–Trinajstić information content (AvgIpc) is 2.63. The van der Waals surface area contributed by atoms with Crippen LogP contribution in [0.2, 0.25) is 0 Å². The minimum Gasteiger partial charge on any atom is -0.465 e. The van der Waals surface area contributed by atoms with Gasteiger partial charge in [0.2, 0.25) is 0 Å². The molecule has 24 heavy (non-hydrogen) atoms. The van der Waals surface area contributed by atoms with Gasteiger partial charge in [0, 0.05) is 0 Å². The summed E-state index contributed by atoms with van der Waals surface area (Å²) in [4.78, 5) is 23.9. The van der Waals surface area contributed by atoms with Crippen molar-refractivity contribution in [1.82, 2.24) is 0 Å². The molecule has 4 heteroatoms. The Hall–Kier alpha value is -1.06. The Morgan fingerprint density at radius 1 is 0.750 bits per heavy atom. The molecule has 2 fully saturated rings. The fourth-order valence-corrected chi connectivity index (χ4v) is 3.78. The third-order valence-corrected chi connectivity index (χ3v) is 5.59. The fourth-order valence-electron chi connectivity index (χ4n) is 3.78. The normalized spacial score (nSPS) is 20.1. The van der Waals surface area contributed by atoms with E-state index in [2.05, 4.69) is 6.92 Å². The second-order valence-corrected chi connectivity index (χ2v) is 7.69. The molecule has 0 spiro atoms. The zero-order valence-electron chi connectivity index (χ0n) is 15.3. The number of rotatable bonds is 8. The van der Waals surface area contributed by atoms with Crippen LogP contribution in [0.5, 0.6) is 0 Å². The first-order chi connectivity index (χ1) is 11.7. The molecule has 0 unspecified atom stereocenters.